The van der Waals surface area contributed by atoms with E-state index in [1.807, 2.05) is 21.9 Å². The zero-order valence-corrected chi connectivity index (χ0v) is 13.7. The van der Waals surface area contributed by atoms with Gasteiger partial charge in [-0.3, -0.25) is 4.79 Å². The third-order valence-electron chi connectivity index (χ3n) is 4.79. The van der Waals surface area contributed by atoms with E-state index >= 15 is 0 Å². The number of urea groups is 1. The van der Waals surface area contributed by atoms with Gasteiger partial charge in [-0.05, 0) is 37.0 Å². The van der Waals surface area contributed by atoms with Crippen molar-refractivity contribution in [3.05, 3.63) is 35.4 Å². The van der Waals surface area contributed by atoms with Crippen LogP contribution in [0, 0.1) is 11.3 Å². The molecular formula is C18H22N4O2. The first kappa shape index (κ1) is 16.3. The van der Waals surface area contributed by atoms with Gasteiger partial charge >= 0.3 is 6.03 Å². The Morgan fingerprint density at radius 2 is 2.08 bits per heavy atom. The molecule has 2 aliphatic rings. The molecule has 2 aliphatic heterocycles. The van der Waals surface area contributed by atoms with Gasteiger partial charge in [0.1, 0.15) is 0 Å². The maximum Gasteiger partial charge on any atom is 0.317 e. The molecule has 0 spiro atoms. The van der Waals surface area contributed by atoms with E-state index in [2.05, 4.69) is 11.4 Å². The third-order valence-corrected chi connectivity index (χ3v) is 4.79. The van der Waals surface area contributed by atoms with E-state index in [0.717, 1.165) is 31.5 Å². The highest BCUT2D eigenvalue weighted by molar-refractivity contribution is 5.78. The van der Waals surface area contributed by atoms with Crippen molar-refractivity contribution in [2.45, 2.75) is 31.7 Å². The second-order valence-electron chi connectivity index (χ2n) is 6.37. The second kappa shape index (κ2) is 7.35. The van der Waals surface area contributed by atoms with Gasteiger partial charge in [0.15, 0.2) is 0 Å². The topological polar surface area (TPSA) is 76.4 Å². The highest BCUT2D eigenvalue weighted by Crippen LogP contribution is 2.19. The minimum Gasteiger partial charge on any atom is -0.341 e. The fraction of sp³-hybridized carbons (Fsp3) is 0.500. The number of nitrogens with zero attached hydrogens (tertiary/aromatic N) is 3. The van der Waals surface area contributed by atoms with E-state index < -0.39 is 0 Å². The van der Waals surface area contributed by atoms with Gasteiger partial charge in [-0.2, -0.15) is 5.26 Å². The smallest absolute Gasteiger partial charge is 0.317 e. The van der Waals surface area contributed by atoms with Crippen LogP contribution in [0.1, 0.15) is 30.4 Å². The molecule has 2 fully saturated rings. The van der Waals surface area contributed by atoms with Crippen LogP contribution in [-0.2, 0) is 11.2 Å². The zero-order chi connectivity index (χ0) is 16.9. The molecule has 0 radical (unpaired) electrons. The van der Waals surface area contributed by atoms with Gasteiger partial charge in [-0.25, -0.2) is 4.79 Å². The Hall–Kier alpha value is -2.55. The molecule has 2 heterocycles. The van der Waals surface area contributed by atoms with Crippen molar-refractivity contribution >= 4 is 11.9 Å². The molecule has 0 aromatic heterocycles. The Morgan fingerprint density at radius 1 is 1.29 bits per heavy atom. The van der Waals surface area contributed by atoms with Crippen LogP contribution in [0.4, 0.5) is 4.79 Å². The Kier molecular flexibility index (Phi) is 4.99. The lowest BCUT2D eigenvalue weighted by molar-refractivity contribution is -0.133. The van der Waals surface area contributed by atoms with Crippen molar-refractivity contribution < 1.29 is 9.59 Å². The molecule has 24 heavy (non-hydrogen) atoms. The summed E-state index contributed by atoms with van der Waals surface area (Å²) < 4.78 is 0. The molecule has 1 N–H and O–H groups in total. The number of likely N-dealkylation sites (tertiary alicyclic amines) is 1. The van der Waals surface area contributed by atoms with Crippen molar-refractivity contribution in [3.8, 4) is 6.07 Å². The average Bonchev–Trinajstić information content (AvgIpc) is 3.06. The van der Waals surface area contributed by atoms with Gasteiger partial charge in [0.2, 0.25) is 5.91 Å². The van der Waals surface area contributed by atoms with Gasteiger partial charge in [0.25, 0.3) is 0 Å². The number of hydrogen-bond donors (Lipinski definition) is 1. The Labute approximate surface area is 142 Å². The Bertz CT molecular complexity index is 650. The molecule has 1 atom stereocenters. The molecule has 3 rings (SSSR count). The quantitative estimate of drug-likeness (QED) is 0.911. The van der Waals surface area contributed by atoms with E-state index in [1.165, 1.54) is 0 Å². The predicted molar refractivity (Wildman–Crippen MR) is 89.2 cm³/mol. The average molecular weight is 326 g/mol. The summed E-state index contributed by atoms with van der Waals surface area (Å²) in [5.74, 6) is 0.142. The van der Waals surface area contributed by atoms with Crippen molar-refractivity contribution in [2.24, 2.45) is 0 Å². The minimum absolute atomic E-state index is 0.00752. The zero-order valence-electron chi connectivity index (χ0n) is 13.7. The molecule has 126 valence electrons. The summed E-state index contributed by atoms with van der Waals surface area (Å²) >= 11 is 0. The largest absolute Gasteiger partial charge is 0.341 e. The van der Waals surface area contributed by atoms with E-state index in [-0.39, 0.29) is 18.0 Å². The maximum absolute atomic E-state index is 12.5. The molecule has 1 aromatic rings. The Balaban J connectivity index is 1.52. The number of aryl methyl sites for hydroxylation is 1. The molecular weight excluding hydrogens is 304 g/mol. The number of carbonyl (C=O) groups excluding carboxylic acids is 2. The van der Waals surface area contributed by atoms with Crippen LogP contribution in [0.5, 0.6) is 0 Å². The van der Waals surface area contributed by atoms with E-state index in [0.29, 0.717) is 31.5 Å². The summed E-state index contributed by atoms with van der Waals surface area (Å²) in [4.78, 5) is 28.0. The van der Waals surface area contributed by atoms with E-state index in [4.69, 9.17) is 5.26 Å². The SMILES string of the molecule is N#Cc1ccc(CCC(=O)N2CCCC(N3CCNC3=O)C2)cc1. The fourth-order valence-corrected chi connectivity index (χ4v) is 3.43. The van der Waals surface area contributed by atoms with Gasteiger partial charge in [0.05, 0.1) is 17.7 Å². The van der Waals surface area contributed by atoms with Crippen LogP contribution in [0.2, 0.25) is 0 Å². The molecule has 3 amide bonds. The molecule has 0 saturated carbocycles. The number of amides is 3. The first-order chi connectivity index (χ1) is 11.7. The number of nitriles is 1. The number of benzene rings is 1. The van der Waals surface area contributed by atoms with Crippen LogP contribution in [-0.4, -0.2) is 54.0 Å². The predicted octanol–water partition coefficient (Wildman–Crippen LogP) is 1.51. The monoisotopic (exact) mass is 326 g/mol. The third kappa shape index (κ3) is 3.67. The van der Waals surface area contributed by atoms with Gasteiger partial charge < -0.3 is 15.1 Å². The van der Waals surface area contributed by atoms with Crippen LogP contribution in [0.25, 0.3) is 0 Å². The van der Waals surface area contributed by atoms with Crippen LogP contribution < -0.4 is 5.32 Å². The van der Waals surface area contributed by atoms with Crippen LogP contribution >= 0.6 is 0 Å². The lowest BCUT2D eigenvalue weighted by Crippen LogP contribution is -2.50. The summed E-state index contributed by atoms with van der Waals surface area (Å²) in [6, 6.07) is 9.59. The Morgan fingerprint density at radius 3 is 2.75 bits per heavy atom. The summed E-state index contributed by atoms with van der Waals surface area (Å²) in [7, 11) is 0. The lowest BCUT2D eigenvalue weighted by Gasteiger charge is -2.37. The molecule has 2 saturated heterocycles. The van der Waals surface area contributed by atoms with E-state index in [1.54, 1.807) is 12.1 Å². The maximum atomic E-state index is 12.5. The molecule has 0 bridgehead atoms. The van der Waals surface area contributed by atoms with Crippen molar-refractivity contribution in [2.75, 3.05) is 26.2 Å². The number of piperidine rings is 1. The minimum atomic E-state index is -0.00752. The van der Waals surface area contributed by atoms with Gasteiger partial charge in [-0.1, -0.05) is 12.1 Å². The van der Waals surface area contributed by atoms with Gasteiger partial charge in [0, 0.05) is 32.6 Å². The standard InChI is InChI=1S/C18H22N4O2/c19-12-15-5-3-14(4-6-15)7-8-17(23)21-10-1-2-16(13-21)22-11-9-20-18(22)24/h3-6,16H,1-2,7-11,13H2,(H,20,24). The number of hydrogen-bond acceptors (Lipinski definition) is 3. The number of rotatable bonds is 4. The molecule has 0 aliphatic carbocycles. The summed E-state index contributed by atoms with van der Waals surface area (Å²) in [5, 5.41) is 11.6. The lowest BCUT2D eigenvalue weighted by atomic mass is 10.0. The van der Waals surface area contributed by atoms with Crippen LogP contribution in [0.15, 0.2) is 24.3 Å². The van der Waals surface area contributed by atoms with Crippen LogP contribution in [0.3, 0.4) is 0 Å². The molecule has 6 nitrogen and oxygen atoms in total. The summed E-state index contributed by atoms with van der Waals surface area (Å²) in [6.07, 6.45) is 3.05. The normalized spacial score (nSPS) is 20.6. The van der Waals surface area contributed by atoms with Gasteiger partial charge in [-0.15, -0.1) is 0 Å². The highest BCUT2D eigenvalue weighted by Gasteiger charge is 2.32. The number of carbonyl (C=O) groups is 2. The van der Waals surface area contributed by atoms with Crippen molar-refractivity contribution in [1.82, 2.24) is 15.1 Å². The summed E-state index contributed by atoms with van der Waals surface area (Å²) in [5.41, 5.74) is 1.70. The van der Waals surface area contributed by atoms with Crippen molar-refractivity contribution in [3.63, 3.8) is 0 Å². The fourth-order valence-electron chi connectivity index (χ4n) is 3.43. The number of nitrogens with one attached hydrogen (secondary N) is 1. The second-order valence-corrected chi connectivity index (χ2v) is 6.37. The van der Waals surface area contributed by atoms with Crippen molar-refractivity contribution in [1.29, 1.82) is 5.26 Å². The highest BCUT2D eigenvalue weighted by atomic mass is 16.2. The first-order valence-corrected chi connectivity index (χ1v) is 8.48. The molecule has 1 unspecified atom stereocenters. The molecule has 6 heteroatoms. The van der Waals surface area contributed by atoms with E-state index in [9.17, 15) is 9.59 Å². The first-order valence-electron chi connectivity index (χ1n) is 8.48. The molecule has 1 aromatic carbocycles. The summed E-state index contributed by atoms with van der Waals surface area (Å²) in [6.45, 7) is 2.84.